The highest BCUT2D eigenvalue weighted by Gasteiger charge is 2.44. The number of nitrogens with one attached hydrogen (secondary N) is 2. The molecule has 5 nitrogen and oxygen atoms in total. The molecule has 1 saturated heterocycles. The van der Waals surface area contributed by atoms with E-state index in [1.54, 1.807) is 25.1 Å². The Morgan fingerprint density at radius 3 is 2.66 bits per heavy atom. The molecule has 5 rings (SSSR count). The molecule has 0 bridgehead atoms. The molecular weight excluding hydrogens is 577 g/mol. The van der Waals surface area contributed by atoms with Gasteiger partial charge in [-0.15, -0.1) is 0 Å². The fraction of sp³-hybridized carbons (Fsp3) is 0.500. The summed E-state index contributed by atoms with van der Waals surface area (Å²) >= 11 is 6.37. The quantitative estimate of drug-likeness (QED) is 0.188. The normalized spacial score (nSPS) is 22.6. The van der Waals surface area contributed by atoms with Gasteiger partial charge in [0.25, 0.3) is 6.43 Å². The highest BCUT2D eigenvalue weighted by Crippen LogP contribution is 2.47. The minimum absolute atomic E-state index is 0.122. The number of para-hydroxylation sites is 1. The zero-order valence-corrected chi connectivity index (χ0v) is 22.9. The number of H-pyrrole nitrogens is 1. The third-order valence-corrected chi connectivity index (χ3v) is 8.16. The van der Waals surface area contributed by atoms with E-state index in [-0.39, 0.29) is 29.4 Å². The van der Waals surface area contributed by atoms with Crippen molar-refractivity contribution >= 4 is 28.2 Å². The second-order valence-corrected chi connectivity index (χ2v) is 10.9. The molecule has 2 aromatic carbocycles. The van der Waals surface area contributed by atoms with Crippen LogP contribution in [0.3, 0.4) is 0 Å². The number of nitrogens with zero attached hydrogens (tertiary/aromatic N) is 2. The summed E-state index contributed by atoms with van der Waals surface area (Å²) in [5.74, 6) is -1.32. The van der Waals surface area contributed by atoms with Gasteiger partial charge in [0.05, 0.1) is 28.9 Å². The Bertz CT molecular complexity index is 1370. The predicted molar refractivity (Wildman–Crippen MR) is 143 cm³/mol. The zero-order valence-electron chi connectivity index (χ0n) is 22.1. The Balaban J connectivity index is 1.60. The maximum Gasteiger partial charge on any atom is 0.387 e. The molecule has 4 atom stereocenters. The number of halogens is 8. The Morgan fingerprint density at radius 2 is 1.95 bits per heavy atom. The van der Waals surface area contributed by atoms with Gasteiger partial charge in [0.15, 0.2) is 0 Å². The van der Waals surface area contributed by atoms with Crippen LogP contribution in [0.1, 0.15) is 42.6 Å². The van der Waals surface area contributed by atoms with Gasteiger partial charge < -0.3 is 19.9 Å². The summed E-state index contributed by atoms with van der Waals surface area (Å²) in [7, 11) is 0. The number of aromatic nitrogens is 1. The average molecular weight is 607 g/mol. The van der Waals surface area contributed by atoms with Crippen LogP contribution in [-0.2, 0) is 6.42 Å². The average Bonchev–Trinajstić information content (AvgIpc) is 3.52. The standard InChI is InChI=1S/C28H30ClF7N4O/c1-14-10-17-16-4-2-5-19(29)23(16)38-24(17)25(40(14)27(34)26(32)33)18-11-20(31)21(12-22(18)41-28(35)36)37-15-6-9-39(13-15)8-3-7-30/h2,4-5,11-12,14-15,25-28,37-38H,3,6-10,13H2,1H3/t14-,15?,25?,27?/m1/s1. The van der Waals surface area contributed by atoms with Gasteiger partial charge in [-0.05, 0) is 43.9 Å². The Labute approximate surface area is 237 Å². The minimum Gasteiger partial charge on any atom is -0.434 e. The molecule has 3 unspecified atom stereocenters. The lowest BCUT2D eigenvalue weighted by molar-refractivity contribution is -0.0857. The Kier molecular flexibility index (Phi) is 8.91. The van der Waals surface area contributed by atoms with Crippen molar-refractivity contribution in [1.82, 2.24) is 14.8 Å². The van der Waals surface area contributed by atoms with Crippen molar-refractivity contribution in [2.45, 2.75) is 63.6 Å². The van der Waals surface area contributed by atoms with Gasteiger partial charge in [-0.2, -0.15) is 8.78 Å². The number of ether oxygens (including phenoxy) is 1. The van der Waals surface area contributed by atoms with E-state index in [4.69, 9.17) is 16.3 Å². The monoisotopic (exact) mass is 606 g/mol. The number of aromatic amines is 1. The summed E-state index contributed by atoms with van der Waals surface area (Å²) in [4.78, 5) is 5.94. The van der Waals surface area contributed by atoms with Gasteiger partial charge in [0.2, 0.25) is 6.30 Å². The maximum absolute atomic E-state index is 15.6. The number of alkyl halides is 6. The van der Waals surface area contributed by atoms with Gasteiger partial charge in [0, 0.05) is 54.4 Å². The number of likely N-dealkylation sites (tertiary alicyclic amines) is 1. The van der Waals surface area contributed by atoms with Crippen LogP contribution in [0.25, 0.3) is 10.9 Å². The lowest BCUT2D eigenvalue weighted by Crippen LogP contribution is -2.49. The van der Waals surface area contributed by atoms with Crippen LogP contribution in [0.2, 0.25) is 5.02 Å². The summed E-state index contributed by atoms with van der Waals surface area (Å²) in [5.41, 5.74) is 1.00. The highest BCUT2D eigenvalue weighted by molar-refractivity contribution is 6.35. The first-order chi connectivity index (χ1) is 19.6. The second kappa shape index (κ2) is 12.3. The smallest absolute Gasteiger partial charge is 0.387 e. The van der Waals surface area contributed by atoms with E-state index in [2.05, 4.69) is 10.3 Å². The first-order valence-electron chi connectivity index (χ1n) is 13.4. The van der Waals surface area contributed by atoms with E-state index >= 15 is 8.78 Å². The maximum atomic E-state index is 15.6. The minimum atomic E-state index is -3.41. The van der Waals surface area contributed by atoms with Gasteiger partial charge in [-0.25, -0.2) is 17.6 Å². The molecule has 0 saturated carbocycles. The van der Waals surface area contributed by atoms with Crippen molar-refractivity contribution in [1.29, 1.82) is 0 Å². The van der Waals surface area contributed by atoms with E-state index in [1.807, 2.05) is 4.90 Å². The number of hydrogen-bond donors (Lipinski definition) is 2. The molecule has 1 fully saturated rings. The summed E-state index contributed by atoms with van der Waals surface area (Å²) in [5, 5.41) is 4.00. The molecule has 1 aromatic heterocycles. The van der Waals surface area contributed by atoms with Crippen LogP contribution in [0.4, 0.5) is 36.4 Å². The van der Waals surface area contributed by atoms with Crippen LogP contribution in [0, 0.1) is 5.82 Å². The summed E-state index contributed by atoms with van der Waals surface area (Å²) in [6.45, 7) is -0.538. The van der Waals surface area contributed by atoms with Gasteiger partial charge in [0.1, 0.15) is 11.6 Å². The van der Waals surface area contributed by atoms with Crippen molar-refractivity contribution in [3.63, 3.8) is 0 Å². The van der Waals surface area contributed by atoms with Crippen molar-refractivity contribution in [3.05, 3.63) is 58.0 Å². The molecule has 0 radical (unpaired) electrons. The Hall–Kier alpha value is -2.70. The van der Waals surface area contributed by atoms with E-state index in [9.17, 15) is 22.0 Å². The van der Waals surface area contributed by atoms with E-state index in [0.29, 0.717) is 54.0 Å². The molecule has 0 aliphatic carbocycles. The number of anilines is 1. The topological polar surface area (TPSA) is 43.5 Å². The van der Waals surface area contributed by atoms with Crippen molar-refractivity contribution in [2.75, 3.05) is 31.6 Å². The fourth-order valence-corrected chi connectivity index (χ4v) is 6.32. The van der Waals surface area contributed by atoms with Gasteiger partial charge in [-0.1, -0.05) is 23.7 Å². The zero-order chi connectivity index (χ0) is 29.4. The van der Waals surface area contributed by atoms with Crippen LogP contribution < -0.4 is 10.1 Å². The van der Waals surface area contributed by atoms with Gasteiger partial charge >= 0.3 is 6.61 Å². The van der Waals surface area contributed by atoms with Crippen LogP contribution in [-0.4, -0.2) is 72.5 Å². The number of rotatable bonds is 10. The molecule has 13 heteroatoms. The lowest BCUT2D eigenvalue weighted by Gasteiger charge is -2.42. The van der Waals surface area contributed by atoms with Crippen molar-refractivity contribution in [3.8, 4) is 5.75 Å². The molecule has 0 amide bonds. The summed E-state index contributed by atoms with van der Waals surface area (Å²) in [6, 6.07) is 4.60. The molecule has 0 spiro atoms. The molecule has 3 heterocycles. The van der Waals surface area contributed by atoms with E-state index < -0.39 is 49.7 Å². The van der Waals surface area contributed by atoms with Crippen molar-refractivity contribution in [2.24, 2.45) is 0 Å². The SMILES string of the molecule is C[C@@H]1Cc2c([nH]c3c(Cl)cccc23)C(c2cc(F)c(NC3CCN(CCCF)C3)cc2OC(F)F)N1C(F)C(F)F. The first-order valence-corrected chi connectivity index (χ1v) is 13.8. The largest absolute Gasteiger partial charge is 0.434 e. The molecule has 41 heavy (non-hydrogen) atoms. The summed E-state index contributed by atoms with van der Waals surface area (Å²) in [6.07, 6.45) is -5.05. The number of benzene rings is 2. The van der Waals surface area contributed by atoms with Crippen LogP contribution in [0.5, 0.6) is 5.75 Å². The molecule has 2 aliphatic rings. The second-order valence-electron chi connectivity index (χ2n) is 10.5. The lowest BCUT2D eigenvalue weighted by atomic mass is 9.87. The third kappa shape index (κ3) is 5.96. The molecule has 3 aromatic rings. The van der Waals surface area contributed by atoms with Crippen LogP contribution in [0.15, 0.2) is 30.3 Å². The molecule has 224 valence electrons. The first kappa shape index (κ1) is 29.8. The summed E-state index contributed by atoms with van der Waals surface area (Å²) < 4.78 is 103. The van der Waals surface area contributed by atoms with Crippen LogP contribution >= 0.6 is 11.6 Å². The van der Waals surface area contributed by atoms with E-state index in [0.717, 1.165) is 17.0 Å². The molecule has 2 aliphatic heterocycles. The van der Waals surface area contributed by atoms with Crippen molar-refractivity contribution < 1.29 is 35.5 Å². The van der Waals surface area contributed by atoms with E-state index in [1.165, 1.54) is 0 Å². The highest BCUT2D eigenvalue weighted by atomic mass is 35.5. The number of fused-ring (bicyclic) bond motifs is 3. The fourth-order valence-electron chi connectivity index (χ4n) is 6.10. The molecule has 2 N–H and O–H groups in total. The Morgan fingerprint density at radius 1 is 1.17 bits per heavy atom. The number of hydrogen-bond acceptors (Lipinski definition) is 4. The van der Waals surface area contributed by atoms with Gasteiger partial charge in [-0.3, -0.25) is 9.29 Å². The molecular formula is C28H30ClF7N4O. The third-order valence-electron chi connectivity index (χ3n) is 7.85. The predicted octanol–water partition coefficient (Wildman–Crippen LogP) is 7.30.